The summed E-state index contributed by atoms with van der Waals surface area (Å²) in [7, 11) is 1.84. The lowest BCUT2D eigenvalue weighted by molar-refractivity contribution is 0.664. The molecule has 1 aromatic carbocycles. The molecule has 0 radical (unpaired) electrons. The second-order valence-corrected chi connectivity index (χ2v) is 5.56. The summed E-state index contributed by atoms with van der Waals surface area (Å²) < 4.78 is 3.51. The summed E-state index contributed by atoms with van der Waals surface area (Å²) in [6.07, 6.45) is 1.71. The van der Waals surface area contributed by atoms with Crippen molar-refractivity contribution in [3.8, 4) is 0 Å². The highest BCUT2D eigenvalue weighted by Crippen LogP contribution is 2.13. The van der Waals surface area contributed by atoms with E-state index in [-0.39, 0.29) is 5.56 Å². The van der Waals surface area contributed by atoms with E-state index in [1.54, 1.807) is 9.25 Å². The van der Waals surface area contributed by atoms with Gasteiger partial charge in [0.1, 0.15) is 11.2 Å². The fourth-order valence-electron chi connectivity index (χ4n) is 2.70. The van der Waals surface area contributed by atoms with Crippen LogP contribution in [0.15, 0.2) is 35.1 Å². The Morgan fingerprint density at radius 1 is 1.18 bits per heavy atom. The first-order chi connectivity index (χ1) is 10.6. The minimum atomic E-state index is 0.00269. The summed E-state index contributed by atoms with van der Waals surface area (Å²) in [5.74, 6) is 0.807. The third-order valence-corrected chi connectivity index (χ3v) is 3.98. The first kappa shape index (κ1) is 14.5. The van der Waals surface area contributed by atoms with Crippen molar-refractivity contribution in [1.82, 2.24) is 19.3 Å². The number of aromatic nitrogens is 4. The van der Waals surface area contributed by atoms with E-state index in [1.807, 2.05) is 44.3 Å². The van der Waals surface area contributed by atoms with E-state index in [4.69, 9.17) is 0 Å². The van der Waals surface area contributed by atoms with E-state index in [9.17, 15) is 4.79 Å². The molecule has 0 unspecified atom stereocenters. The third-order valence-electron chi connectivity index (χ3n) is 3.98. The van der Waals surface area contributed by atoms with Gasteiger partial charge in [0.25, 0.3) is 5.56 Å². The van der Waals surface area contributed by atoms with Crippen LogP contribution in [0.1, 0.15) is 30.4 Å². The van der Waals surface area contributed by atoms with Crippen LogP contribution in [-0.4, -0.2) is 19.3 Å². The molecule has 114 valence electrons. The summed E-state index contributed by atoms with van der Waals surface area (Å²) in [5, 5.41) is 4.98. The highest BCUT2D eigenvalue weighted by Gasteiger charge is 2.16. The van der Waals surface area contributed by atoms with Crippen LogP contribution in [0.4, 0.5) is 0 Å². The molecule has 0 saturated carbocycles. The number of hydrogen-bond donors (Lipinski definition) is 0. The summed E-state index contributed by atoms with van der Waals surface area (Å²) in [4.78, 5) is 17.6. The van der Waals surface area contributed by atoms with Crippen molar-refractivity contribution < 1.29 is 0 Å². The molecule has 0 atom stereocenters. The van der Waals surface area contributed by atoms with Crippen molar-refractivity contribution in [2.75, 3.05) is 0 Å². The number of aryl methyl sites for hydroxylation is 3. The van der Waals surface area contributed by atoms with Crippen LogP contribution < -0.4 is 5.56 Å². The molecule has 0 aliphatic rings. The number of benzene rings is 1. The lowest BCUT2D eigenvalue weighted by Crippen LogP contribution is -2.26. The van der Waals surface area contributed by atoms with Gasteiger partial charge in [0.15, 0.2) is 5.65 Å². The average Bonchev–Trinajstić information content (AvgIpc) is 2.79. The largest absolute Gasteiger partial charge is 0.291 e. The van der Waals surface area contributed by atoms with Crippen LogP contribution in [-0.2, 0) is 20.0 Å². The summed E-state index contributed by atoms with van der Waals surface area (Å²) in [6, 6.07) is 10.0. The van der Waals surface area contributed by atoms with Gasteiger partial charge >= 0.3 is 0 Å². The summed E-state index contributed by atoms with van der Waals surface area (Å²) >= 11 is 0. The Kier molecular flexibility index (Phi) is 3.79. The van der Waals surface area contributed by atoms with Crippen molar-refractivity contribution >= 4 is 11.0 Å². The van der Waals surface area contributed by atoms with Gasteiger partial charge in [-0.1, -0.05) is 37.3 Å². The molecule has 0 spiro atoms. The maximum absolute atomic E-state index is 12.9. The molecule has 2 heterocycles. The highest BCUT2D eigenvalue weighted by atomic mass is 16.1. The lowest BCUT2D eigenvalue weighted by Gasteiger charge is -2.11. The number of rotatable bonds is 4. The van der Waals surface area contributed by atoms with Crippen molar-refractivity contribution in [3.05, 3.63) is 57.8 Å². The standard InChI is InChI=1S/C17H20N4O/c1-4-8-14-18-16-15(12(2)20(3)19-16)17(22)21(14)11-13-9-6-5-7-10-13/h5-7,9-10H,4,8,11H2,1-3H3. The second-order valence-electron chi connectivity index (χ2n) is 5.56. The quantitative estimate of drug-likeness (QED) is 0.743. The molecule has 0 bridgehead atoms. The Balaban J connectivity index is 2.21. The van der Waals surface area contributed by atoms with Gasteiger partial charge in [0, 0.05) is 13.5 Å². The van der Waals surface area contributed by atoms with Gasteiger partial charge in [0.05, 0.1) is 12.2 Å². The Morgan fingerprint density at radius 3 is 2.59 bits per heavy atom. The zero-order valence-electron chi connectivity index (χ0n) is 13.2. The van der Waals surface area contributed by atoms with Crippen LogP contribution in [0, 0.1) is 6.92 Å². The number of nitrogens with zero attached hydrogens (tertiary/aromatic N) is 4. The molecule has 3 rings (SSSR count). The first-order valence-electron chi connectivity index (χ1n) is 7.58. The lowest BCUT2D eigenvalue weighted by atomic mass is 10.2. The van der Waals surface area contributed by atoms with Gasteiger partial charge in [-0.05, 0) is 18.9 Å². The summed E-state index contributed by atoms with van der Waals surface area (Å²) in [5.41, 5.74) is 2.52. The van der Waals surface area contributed by atoms with Crippen LogP contribution in [0.2, 0.25) is 0 Å². The number of fused-ring (bicyclic) bond motifs is 1. The molecule has 0 fully saturated rings. The third kappa shape index (κ3) is 2.43. The van der Waals surface area contributed by atoms with Crippen LogP contribution >= 0.6 is 0 Å². The fraction of sp³-hybridized carbons (Fsp3) is 0.353. The maximum atomic E-state index is 12.9. The Labute approximate surface area is 129 Å². The summed E-state index contributed by atoms with van der Waals surface area (Å²) in [6.45, 7) is 4.55. The maximum Gasteiger partial charge on any atom is 0.265 e. The molecule has 0 saturated heterocycles. The molecule has 2 aromatic heterocycles. The predicted molar refractivity (Wildman–Crippen MR) is 87.0 cm³/mol. The molecular weight excluding hydrogens is 276 g/mol. The van der Waals surface area contributed by atoms with Crippen LogP contribution in [0.5, 0.6) is 0 Å². The Morgan fingerprint density at radius 2 is 1.91 bits per heavy atom. The topological polar surface area (TPSA) is 52.7 Å². The monoisotopic (exact) mass is 296 g/mol. The van der Waals surface area contributed by atoms with E-state index in [2.05, 4.69) is 17.0 Å². The molecule has 5 heteroatoms. The molecule has 22 heavy (non-hydrogen) atoms. The Hall–Kier alpha value is -2.43. The Bertz CT molecular complexity index is 862. The van der Waals surface area contributed by atoms with Crippen molar-refractivity contribution in [3.63, 3.8) is 0 Å². The van der Waals surface area contributed by atoms with E-state index in [1.165, 1.54) is 0 Å². The van der Waals surface area contributed by atoms with Gasteiger partial charge < -0.3 is 0 Å². The fourth-order valence-corrected chi connectivity index (χ4v) is 2.70. The molecular formula is C17H20N4O. The van der Waals surface area contributed by atoms with E-state index in [0.29, 0.717) is 17.6 Å². The van der Waals surface area contributed by atoms with Gasteiger partial charge in [-0.3, -0.25) is 14.0 Å². The second kappa shape index (κ2) is 5.75. The zero-order valence-corrected chi connectivity index (χ0v) is 13.2. The van der Waals surface area contributed by atoms with E-state index < -0.39 is 0 Å². The van der Waals surface area contributed by atoms with Crippen molar-refractivity contribution in [1.29, 1.82) is 0 Å². The van der Waals surface area contributed by atoms with Gasteiger partial charge in [0.2, 0.25) is 0 Å². The molecule has 5 nitrogen and oxygen atoms in total. The smallest absolute Gasteiger partial charge is 0.265 e. The average molecular weight is 296 g/mol. The molecule has 0 aliphatic heterocycles. The minimum absolute atomic E-state index is 0.00269. The molecule has 0 amide bonds. The first-order valence-corrected chi connectivity index (χ1v) is 7.58. The molecule has 3 aromatic rings. The SMILES string of the molecule is CCCc1nc2nn(C)c(C)c2c(=O)n1Cc1ccccc1. The molecule has 0 aliphatic carbocycles. The van der Waals surface area contributed by atoms with Crippen molar-refractivity contribution in [2.45, 2.75) is 33.2 Å². The van der Waals surface area contributed by atoms with Crippen LogP contribution in [0.3, 0.4) is 0 Å². The molecule has 0 N–H and O–H groups in total. The van der Waals surface area contributed by atoms with E-state index >= 15 is 0 Å². The van der Waals surface area contributed by atoms with Gasteiger partial charge in [-0.25, -0.2) is 4.98 Å². The minimum Gasteiger partial charge on any atom is -0.291 e. The van der Waals surface area contributed by atoms with Gasteiger partial charge in [-0.2, -0.15) is 5.10 Å². The number of hydrogen-bond acceptors (Lipinski definition) is 3. The van der Waals surface area contributed by atoms with Crippen LogP contribution in [0.25, 0.3) is 11.0 Å². The predicted octanol–water partition coefficient (Wildman–Crippen LogP) is 2.44. The highest BCUT2D eigenvalue weighted by molar-refractivity contribution is 5.76. The zero-order chi connectivity index (χ0) is 15.7. The normalized spacial score (nSPS) is 11.2. The van der Waals surface area contributed by atoms with Crippen molar-refractivity contribution in [2.24, 2.45) is 7.05 Å². The van der Waals surface area contributed by atoms with Gasteiger partial charge in [-0.15, -0.1) is 0 Å². The van der Waals surface area contributed by atoms with E-state index in [0.717, 1.165) is 29.9 Å².